The molecule has 0 spiro atoms. The lowest BCUT2D eigenvalue weighted by atomic mass is 9.98. The predicted molar refractivity (Wildman–Crippen MR) is 264 cm³/mol. The van der Waals surface area contributed by atoms with Crippen molar-refractivity contribution in [1.29, 1.82) is 0 Å². The summed E-state index contributed by atoms with van der Waals surface area (Å²) in [6, 6.07) is 37.4. The summed E-state index contributed by atoms with van der Waals surface area (Å²) in [4.78, 5) is 0. The highest BCUT2D eigenvalue weighted by Gasteiger charge is 2.19. The van der Waals surface area contributed by atoms with E-state index in [9.17, 15) is 0 Å². The van der Waals surface area contributed by atoms with Crippen LogP contribution in [0, 0.1) is 0 Å². The summed E-state index contributed by atoms with van der Waals surface area (Å²) in [6.45, 7) is 0. The molecule has 0 N–H and O–H groups in total. The van der Waals surface area contributed by atoms with E-state index < -0.39 is 78.6 Å². The van der Waals surface area contributed by atoms with Crippen LogP contribution >= 0.6 is 0 Å². The van der Waals surface area contributed by atoms with E-state index in [1.54, 1.807) is 30.3 Å². The summed E-state index contributed by atoms with van der Waals surface area (Å²) >= 11 is 0. The largest absolute Gasteiger partial charge is 0.456 e. The van der Waals surface area contributed by atoms with Crippen LogP contribution in [0.4, 0.5) is 0 Å². The fourth-order valence-electron chi connectivity index (χ4n) is 9.23. The molecule has 3 aromatic heterocycles. The van der Waals surface area contributed by atoms with Crippen molar-refractivity contribution in [2.45, 2.75) is 0 Å². The minimum absolute atomic E-state index is 0.0921. The molecule has 0 aliphatic heterocycles. The van der Waals surface area contributed by atoms with Crippen molar-refractivity contribution in [2.24, 2.45) is 0 Å². The molecule has 0 atom stereocenters. The maximum atomic E-state index is 8.93. The Bertz CT molecular complexity index is 4650. The van der Waals surface area contributed by atoms with Crippen molar-refractivity contribution >= 4 is 65.6 Å². The zero-order valence-corrected chi connectivity index (χ0v) is 33.1. The number of benzene rings is 10. The predicted octanol–water partition coefficient (Wildman–Crippen LogP) is 16.4. The van der Waals surface area contributed by atoms with Gasteiger partial charge in [0.2, 0.25) is 0 Å². The van der Waals surface area contributed by atoms with Gasteiger partial charge >= 0.3 is 0 Å². The Labute approximate surface area is 385 Å². The van der Waals surface area contributed by atoms with Gasteiger partial charge in [-0.1, -0.05) is 151 Å². The van der Waals surface area contributed by atoms with E-state index in [-0.39, 0.29) is 39.9 Å². The van der Waals surface area contributed by atoms with Gasteiger partial charge in [-0.15, -0.1) is 0 Å². The van der Waals surface area contributed by atoms with E-state index in [1.807, 2.05) is 71.3 Å². The number of hydrogen-bond donors (Lipinski definition) is 0. The summed E-state index contributed by atoms with van der Waals surface area (Å²) in [6.07, 6.45) is 0. The topological polar surface area (TPSA) is 23.0 Å². The zero-order valence-electron chi connectivity index (χ0n) is 48.1. The zero-order chi connectivity index (χ0) is 54.5. The smallest absolute Gasteiger partial charge is 0.136 e. The molecule has 10 aromatic carbocycles. The van der Waals surface area contributed by atoms with Crippen LogP contribution in [0.25, 0.3) is 121 Å². The van der Waals surface area contributed by atoms with Crippen LogP contribution in [0.1, 0.15) is 20.6 Å². The first kappa shape index (κ1) is 23.6. The molecular weight excluding hydrogens is 765 g/mol. The molecule has 0 unspecified atom stereocenters. The van der Waals surface area contributed by atoms with Crippen molar-refractivity contribution in [3.8, 4) is 55.9 Å². The Kier molecular flexibility index (Phi) is 5.27. The standard InChI is InChI=1S/C60H38N2O/c1-4-15-39(16-5-1)44-33-45(40-17-6-2-7-18-40)35-47(34-44)62-55-25-13-11-22-50(55)52-37-43(28-31-57(52)62)42-27-30-56-51(36-42)49-21-10-12-24-54(49)61(56)46-29-32-58-53(38-46)60-48(23-14-26-59(60)63-58)41-19-8-3-9-20-41/h1-38H/i1D,2D,3D,4D,5D,6D,7D,8D,9D,15D,16D,17D,18D,19D,20D. The van der Waals surface area contributed by atoms with Gasteiger partial charge in [0, 0.05) is 43.7 Å². The monoisotopic (exact) mass is 817 g/mol. The Balaban J connectivity index is 0.982. The molecule has 3 nitrogen and oxygen atoms in total. The third-order valence-corrected chi connectivity index (χ3v) is 11.9. The molecule has 3 heteroatoms. The summed E-state index contributed by atoms with van der Waals surface area (Å²) in [5, 5.41) is 5.06. The van der Waals surface area contributed by atoms with E-state index in [1.165, 1.54) is 6.07 Å². The highest BCUT2D eigenvalue weighted by Crippen LogP contribution is 2.42. The molecule has 0 fully saturated rings. The fraction of sp³-hybridized carbons (Fsp3) is 0. The summed E-state index contributed by atoms with van der Waals surface area (Å²) in [7, 11) is 0. The van der Waals surface area contributed by atoms with E-state index in [4.69, 9.17) is 25.0 Å². The van der Waals surface area contributed by atoms with Crippen molar-refractivity contribution in [3.05, 3.63) is 230 Å². The second-order valence-electron chi connectivity index (χ2n) is 15.4. The van der Waals surface area contributed by atoms with Gasteiger partial charge in [0.25, 0.3) is 0 Å². The first-order chi connectivity index (χ1) is 37.4. The molecule has 0 radical (unpaired) electrons. The van der Waals surface area contributed by atoms with Crippen LogP contribution in [-0.4, -0.2) is 9.13 Å². The normalized spacial score (nSPS) is 15.1. The molecule has 3 heterocycles. The summed E-state index contributed by atoms with van der Waals surface area (Å²) in [5.74, 6) is 0. The average molecular weight is 818 g/mol. The number of aromatic nitrogens is 2. The highest BCUT2D eigenvalue weighted by atomic mass is 16.3. The van der Waals surface area contributed by atoms with Crippen LogP contribution in [-0.2, 0) is 0 Å². The minimum atomic E-state index is -0.561. The van der Waals surface area contributed by atoms with E-state index in [0.29, 0.717) is 33.2 Å². The van der Waals surface area contributed by atoms with Gasteiger partial charge in [0.05, 0.1) is 42.6 Å². The van der Waals surface area contributed by atoms with Gasteiger partial charge in [-0.2, -0.15) is 0 Å². The van der Waals surface area contributed by atoms with Crippen LogP contribution in [0.15, 0.2) is 235 Å². The third kappa shape index (κ3) is 5.67. The third-order valence-electron chi connectivity index (χ3n) is 11.9. The van der Waals surface area contributed by atoms with E-state index >= 15 is 0 Å². The first-order valence-corrected chi connectivity index (χ1v) is 20.3. The number of para-hydroxylation sites is 2. The minimum Gasteiger partial charge on any atom is -0.456 e. The van der Waals surface area contributed by atoms with Gasteiger partial charge < -0.3 is 13.6 Å². The van der Waals surface area contributed by atoms with Crippen LogP contribution in [0.5, 0.6) is 0 Å². The summed E-state index contributed by atoms with van der Waals surface area (Å²) in [5.41, 5.74) is 8.30. The lowest BCUT2D eigenvalue weighted by Crippen LogP contribution is -1.96. The average Bonchev–Trinajstić information content (AvgIpc) is 4.33. The number of furan rings is 1. The number of fused-ring (bicyclic) bond motifs is 9. The van der Waals surface area contributed by atoms with Crippen LogP contribution in [0.2, 0.25) is 0 Å². The molecule has 0 saturated carbocycles. The number of rotatable bonds is 6. The molecule has 63 heavy (non-hydrogen) atoms. The van der Waals surface area contributed by atoms with Gasteiger partial charge in [0.1, 0.15) is 11.2 Å². The molecule has 0 aliphatic carbocycles. The van der Waals surface area contributed by atoms with E-state index in [2.05, 4.69) is 41.0 Å². The van der Waals surface area contributed by atoms with Gasteiger partial charge in [-0.3, -0.25) is 0 Å². The quantitative estimate of drug-likeness (QED) is 0.164. The van der Waals surface area contributed by atoms with Crippen molar-refractivity contribution < 1.29 is 25.0 Å². The number of nitrogens with zero attached hydrogens (tertiary/aromatic N) is 2. The van der Waals surface area contributed by atoms with Crippen LogP contribution in [0.3, 0.4) is 0 Å². The van der Waals surface area contributed by atoms with Gasteiger partial charge in [0.15, 0.2) is 0 Å². The second kappa shape index (κ2) is 14.1. The lowest BCUT2D eigenvalue weighted by Gasteiger charge is -2.14. The fourth-order valence-corrected chi connectivity index (χ4v) is 9.23. The molecule has 13 aromatic rings. The van der Waals surface area contributed by atoms with Crippen molar-refractivity contribution in [2.75, 3.05) is 0 Å². The Morgan fingerprint density at radius 3 is 1.43 bits per heavy atom. The Morgan fingerprint density at radius 1 is 0.317 bits per heavy atom. The van der Waals surface area contributed by atoms with Gasteiger partial charge in [-0.25, -0.2) is 0 Å². The highest BCUT2D eigenvalue weighted by molar-refractivity contribution is 6.15. The first-order valence-electron chi connectivity index (χ1n) is 27.8. The second-order valence-corrected chi connectivity index (χ2v) is 15.4. The lowest BCUT2D eigenvalue weighted by molar-refractivity contribution is 0.669. The maximum Gasteiger partial charge on any atom is 0.136 e. The van der Waals surface area contributed by atoms with Crippen LogP contribution < -0.4 is 0 Å². The molecular formula is C60H38N2O. The number of hydrogen-bond acceptors (Lipinski definition) is 1. The molecule has 0 aliphatic rings. The van der Waals surface area contributed by atoms with Crippen molar-refractivity contribution in [1.82, 2.24) is 9.13 Å². The Morgan fingerprint density at radius 2 is 0.841 bits per heavy atom. The van der Waals surface area contributed by atoms with E-state index in [0.717, 1.165) is 60.4 Å². The molecule has 13 rings (SSSR count). The van der Waals surface area contributed by atoms with Gasteiger partial charge in [-0.05, 0) is 123 Å². The van der Waals surface area contributed by atoms with Crippen molar-refractivity contribution in [3.63, 3.8) is 0 Å². The molecule has 0 saturated heterocycles. The Hall–Kier alpha value is -8.40. The molecule has 0 bridgehead atoms. The molecule has 0 amide bonds. The summed E-state index contributed by atoms with van der Waals surface area (Å²) < 4.78 is 139. The maximum absolute atomic E-state index is 8.93. The molecule has 294 valence electrons. The SMILES string of the molecule is [2H]c1c([2H])c([2H])c(-c2cc(-c3c([2H])c([2H])c([2H])c([2H])c3[2H])cc(-n3c4ccccc4c4cc(-c5ccc6c(c5)c5ccccc5n6-c5ccc6oc7cccc(-c8c([2H])c([2H])c([2H])c([2H])c8[2H])c7c6c5)ccc43)c2)c([2H])c1[2H].